The van der Waals surface area contributed by atoms with E-state index in [0.717, 1.165) is 5.69 Å². The number of thioether (sulfide) groups is 1. The molecule has 1 heterocycles. The second kappa shape index (κ2) is 10.0. The monoisotopic (exact) mass is 459 g/mol. The van der Waals surface area contributed by atoms with E-state index >= 15 is 0 Å². The minimum absolute atomic E-state index is 0.0930. The first-order valence-electron chi connectivity index (χ1n) is 10.1. The lowest BCUT2D eigenvalue weighted by Gasteiger charge is -2.11. The summed E-state index contributed by atoms with van der Waals surface area (Å²) >= 11 is 1.23. The quantitative estimate of drug-likeness (QED) is 0.355. The van der Waals surface area contributed by atoms with Gasteiger partial charge in [-0.15, -0.1) is 10.2 Å². The Kier molecular flexibility index (Phi) is 6.70. The number of benzene rings is 3. The van der Waals surface area contributed by atoms with Crippen molar-refractivity contribution < 1.29 is 14.7 Å². The molecule has 0 radical (unpaired) electrons. The van der Waals surface area contributed by atoms with Gasteiger partial charge in [-0.25, -0.2) is 0 Å². The lowest BCUT2D eigenvalue weighted by atomic mass is 10.2. The van der Waals surface area contributed by atoms with Gasteiger partial charge in [0, 0.05) is 24.0 Å². The van der Waals surface area contributed by atoms with Crippen molar-refractivity contribution in [2.45, 2.75) is 12.1 Å². The molecule has 0 spiro atoms. The van der Waals surface area contributed by atoms with Crippen LogP contribution in [0, 0.1) is 0 Å². The average Bonchev–Trinajstić information content (AvgIpc) is 3.22. The molecule has 0 aliphatic rings. The molecule has 3 aromatic carbocycles. The van der Waals surface area contributed by atoms with Crippen LogP contribution in [-0.4, -0.2) is 37.4 Å². The number of carbonyl (C=O) groups excluding carboxylic acids is 2. The summed E-state index contributed by atoms with van der Waals surface area (Å²) in [5, 5.41) is 24.9. The fraction of sp³-hybridized carbons (Fsp3) is 0.0833. The van der Waals surface area contributed by atoms with Crippen LogP contribution >= 0.6 is 11.8 Å². The molecule has 0 saturated heterocycles. The van der Waals surface area contributed by atoms with Gasteiger partial charge in [-0.2, -0.15) is 0 Å². The first-order valence-corrected chi connectivity index (χ1v) is 11.1. The zero-order chi connectivity index (χ0) is 23.2. The first-order chi connectivity index (χ1) is 16.0. The van der Waals surface area contributed by atoms with Crippen molar-refractivity contribution in [3.05, 3.63) is 78.9 Å². The maximum Gasteiger partial charge on any atom is 0.234 e. The van der Waals surface area contributed by atoms with E-state index in [4.69, 9.17) is 0 Å². The Morgan fingerprint density at radius 2 is 1.61 bits per heavy atom. The Balaban J connectivity index is 1.55. The number of hydrogen-bond donors (Lipinski definition) is 3. The van der Waals surface area contributed by atoms with E-state index in [1.165, 1.54) is 18.7 Å². The van der Waals surface area contributed by atoms with Crippen LogP contribution in [0.5, 0.6) is 5.75 Å². The summed E-state index contributed by atoms with van der Waals surface area (Å²) in [7, 11) is 0. The van der Waals surface area contributed by atoms with Crippen LogP contribution in [0.3, 0.4) is 0 Å². The third-order valence-corrected chi connectivity index (χ3v) is 5.52. The number of carbonyl (C=O) groups is 2. The fourth-order valence-electron chi connectivity index (χ4n) is 3.22. The highest BCUT2D eigenvalue weighted by Gasteiger charge is 2.19. The third-order valence-electron chi connectivity index (χ3n) is 4.59. The maximum atomic E-state index is 12.6. The molecule has 4 aromatic rings. The number of nitrogens with one attached hydrogen (secondary N) is 2. The van der Waals surface area contributed by atoms with Gasteiger partial charge in [0.1, 0.15) is 5.75 Å². The third kappa shape index (κ3) is 5.39. The molecule has 0 aliphatic carbocycles. The zero-order valence-electron chi connectivity index (χ0n) is 17.7. The number of hydrogen-bond acceptors (Lipinski definition) is 6. The normalized spacial score (nSPS) is 10.6. The van der Waals surface area contributed by atoms with Gasteiger partial charge in [0.25, 0.3) is 0 Å². The zero-order valence-corrected chi connectivity index (χ0v) is 18.5. The number of amides is 2. The minimum Gasteiger partial charge on any atom is -0.507 e. The molecule has 2 amide bonds. The van der Waals surface area contributed by atoms with Gasteiger partial charge >= 0.3 is 0 Å². The standard InChI is InChI=1S/C24H21N5O3S/c1-16(30)25-17-8-7-9-18(14-17)26-22(32)15-33-24-28-27-23(20-12-5-6-13-21(20)31)29(24)19-10-3-2-4-11-19/h2-14,31H,15H2,1H3,(H,25,30)(H,26,32). The molecule has 0 unspecified atom stereocenters. The number of phenols is 1. The van der Waals surface area contributed by atoms with Crippen molar-refractivity contribution in [3.63, 3.8) is 0 Å². The molecule has 0 saturated carbocycles. The topological polar surface area (TPSA) is 109 Å². The van der Waals surface area contributed by atoms with Gasteiger partial charge in [-0.3, -0.25) is 14.2 Å². The SMILES string of the molecule is CC(=O)Nc1cccc(NC(=O)CSc2nnc(-c3ccccc3O)n2-c2ccccc2)c1. The second-order valence-electron chi connectivity index (χ2n) is 7.09. The van der Waals surface area contributed by atoms with Gasteiger partial charge < -0.3 is 15.7 Å². The summed E-state index contributed by atoms with van der Waals surface area (Å²) in [5.41, 5.74) is 2.53. The van der Waals surface area contributed by atoms with Crippen LogP contribution in [0.15, 0.2) is 84.0 Å². The van der Waals surface area contributed by atoms with E-state index < -0.39 is 0 Å². The van der Waals surface area contributed by atoms with Crippen LogP contribution in [-0.2, 0) is 9.59 Å². The van der Waals surface area contributed by atoms with Crippen molar-refractivity contribution in [1.29, 1.82) is 0 Å². The molecule has 9 heteroatoms. The first kappa shape index (κ1) is 22.1. The number of phenolic OH excluding ortho intramolecular Hbond substituents is 1. The highest BCUT2D eigenvalue weighted by atomic mass is 32.2. The van der Waals surface area contributed by atoms with Gasteiger partial charge in [0.15, 0.2) is 11.0 Å². The van der Waals surface area contributed by atoms with Crippen LogP contribution in [0.2, 0.25) is 0 Å². The largest absolute Gasteiger partial charge is 0.507 e. The average molecular weight is 460 g/mol. The van der Waals surface area contributed by atoms with E-state index in [0.29, 0.717) is 27.9 Å². The molecule has 3 N–H and O–H groups in total. The van der Waals surface area contributed by atoms with E-state index in [1.807, 2.05) is 41.0 Å². The molecule has 0 fully saturated rings. The summed E-state index contributed by atoms with van der Waals surface area (Å²) in [4.78, 5) is 23.8. The lowest BCUT2D eigenvalue weighted by Crippen LogP contribution is -2.15. The predicted octanol–water partition coefficient (Wildman–Crippen LogP) is 4.33. The molecule has 4 rings (SSSR count). The highest BCUT2D eigenvalue weighted by Crippen LogP contribution is 2.32. The molecule has 166 valence electrons. The van der Waals surface area contributed by atoms with Crippen molar-refractivity contribution in [3.8, 4) is 22.8 Å². The van der Waals surface area contributed by atoms with Crippen molar-refractivity contribution in [2.75, 3.05) is 16.4 Å². The summed E-state index contributed by atoms with van der Waals surface area (Å²) < 4.78 is 1.81. The van der Waals surface area contributed by atoms with Gasteiger partial charge in [0.2, 0.25) is 11.8 Å². The van der Waals surface area contributed by atoms with Crippen LogP contribution in [0.1, 0.15) is 6.92 Å². The predicted molar refractivity (Wildman–Crippen MR) is 129 cm³/mol. The van der Waals surface area contributed by atoms with E-state index in [2.05, 4.69) is 20.8 Å². The van der Waals surface area contributed by atoms with Crippen molar-refractivity contribution in [1.82, 2.24) is 14.8 Å². The molecule has 33 heavy (non-hydrogen) atoms. The Bertz CT molecular complexity index is 1290. The molecular weight excluding hydrogens is 438 g/mol. The highest BCUT2D eigenvalue weighted by molar-refractivity contribution is 7.99. The van der Waals surface area contributed by atoms with Gasteiger partial charge in [-0.05, 0) is 42.5 Å². The Morgan fingerprint density at radius 1 is 0.909 bits per heavy atom. The number of para-hydroxylation sites is 2. The Labute approximate surface area is 194 Å². The molecule has 0 aliphatic heterocycles. The number of aromatic hydroxyl groups is 1. The number of anilines is 2. The van der Waals surface area contributed by atoms with Gasteiger partial charge in [0.05, 0.1) is 11.3 Å². The molecule has 0 atom stereocenters. The number of rotatable bonds is 7. The second-order valence-corrected chi connectivity index (χ2v) is 8.04. The van der Waals surface area contributed by atoms with Crippen molar-refractivity contribution >= 4 is 35.0 Å². The lowest BCUT2D eigenvalue weighted by molar-refractivity contribution is -0.114. The Morgan fingerprint density at radius 3 is 2.33 bits per heavy atom. The van der Waals surface area contributed by atoms with Crippen molar-refractivity contribution in [2.24, 2.45) is 0 Å². The number of aromatic nitrogens is 3. The summed E-state index contributed by atoms with van der Waals surface area (Å²) in [5.74, 6) is 0.248. The van der Waals surface area contributed by atoms with E-state index in [9.17, 15) is 14.7 Å². The number of nitrogens with zero attached hydrogens (tertiary/aromatic N) is 3. The van der Waals surface area contributed by atoms with E-state index in [-0.39, 0.29) is 23.3 Å². The van der Waals surface area contributed by atoms with Gasteiger partial charge in [-0.1, -0.05) is 48.2 Å². The summed E-state index contributed by atoms with van der Waals surface area (Å²) in [6, 6.07) is 23.4. The summed E-state index contributed by atoms with van der Waals surface area (Å²) in [6.45, 7) is 1.42. The molecule has 8 nitrogen and oxygen atoms in total. The van der Waals surface area contributed by atoms with E-state index in [1.54, 1.807) is 42.5 Å². The maximum absolute atomic E-state index is 12.6. The van der Waals surface area contributed by atoms with Crippen LogP contribution in [0.25, 0.3) is 17.1 Å². The fourth-order valence-corrected chi connectivity index (χ4v) is 3.97. The molecule has 1 aromatic heterocycles. The molecule has 0 bridgehead atoms. The van der Waals surface area contributed by atoms with Crippen LogP contribution in [0.4, 0.5) is 11.4 Å². The molecular formula is C24H21N5O3S. The Hall–Kier alpha value is -4.11. The smallest absolute Gasteiger partial charge is 0.234 e. The summed E-state index contributed by atoms with van der Waals surface area (Å²) in [6.07, 6.45) is 0. The van der Waals surface area contributed by atoms with Crippen LogP contribution < -0.4 is 10.6 Å². The minimum atomic E-state index is -0.230.